The fourth-order valence-corrected chi connectivity index (χ4v) is 3.57. The second kappa shape index (κ2) is 8.62. The maximum absolute atomic E-state index is 11.8. The van der Waals surface area contributed by atoms with Crippen LogP contribution in [0.4, 0.5) is 0 Å². The first-order valence-corrected chi connectivity index (χ1v) is 9.32. The van der Waals surface area contributed by atoms with Crippen LogP contribution in [0.3, 0.4) is 0 Å². The number of piperidine rings is 1. The number of benzene rings is 2. The molecule has 0 bridgehead atoms. The molecule has 28 heavy (non-hydrogen) atoms. The third kappa shape index (κ3) is 4.17. The van der Waals surface area contributed by atoms with Gasteiger partial charge in [-0.05, 0) is 35.9 Å². The summed E-state index contributed by atoms with van der Waals surface area (Å²) >= 11 is 0. The van der Waals surface area contributed by atoms with Gasteiger partial charge in [0.05, 0.1) is 18.7 Å². The van der Waals surface area contributed by atoms with Crippen LogP contribution in [0.1, 0.15) is 18.9 Å². The van der Waals surface area contributed by atoms with Crippen LogP contribution in [0.2, 0.25) is 0 Å². The molecular formula is C23H24N2O3. The Bertz CT molecular complexity index is 916. The predicted octanol–water partition coefficient (Wildman–Crippen LogP) is 4.04. The Kier molecular flexibility index (Phi) is 6.00. The molecule has 0 aromatic heterocycles. The number of hydrogen-bond acceptors (Lipinski definition) is 4. The minimum Gasteiger partial charge on any atom is -0.496 e. The SMILES string of the molecule is C=CC(=O)N1CCC(Oc2cc(C#N)cc(-c3ccccc3OC)c2)C(C)C1. The third-order valence-corrected chi connectivity index (χ3v) is 5.05. The van der Waals surface area contributed by atoms with Crippen LogP contribution in [-0.2, 0) is 4.79 Å². The fourth-order valence-electron chi connectivity index (χ4n) is 3.57. The molecule has 2 aromatic rings. The zero-order valence-electron chi connectivity index (χ0n) is 16.2. The van der Waals surface area contributed by atoms with Gasteiger partial charge >= 0.3 is 0 Å². The van der Waals surface area contributed by atoms with E-state index in [1.54, 1.807) is 18.1 Å². The van der Waals surface area contributed by atoms with Crippen molar-refractivity contribution in [1.82, 2.24) is 4.90 Å². The van der Waals surface area contributed by atoms with Gasteiger partial charge in [-0.25, -0.2) is 0 Å². The number of nitriles is 1. The molecule has 0 saturated carbocycles. The number of rotatable bonds is 5. The number of amides is 1. The number of likely N-dealkylation sites (tertiary alicyclic amines) is 1. The number of carbonyl (C=O) groups is 1. The minimum atomic E-state index is -0.0461. The molecule has 0 spiro atoms. The van der Waals surface area contributed by atoms with Crippen molar-refractivity contribution in [2.45, 2.75) is 19.4 Å². The van der Waals surface area contributed by atoms with Gasteiger partial charge in [-0.15, -0.1) is 0 Å². The van der Waals surface area contributed by atoms with E-state index in [2.05, 4.69) is 19.6 Å². The van der Waals surface area contributed by atoms with Gasteiger partial charge < -0.3 is 14.4 Å². The van der Waals surface area contributed by atoms with E-state index in [1.807, 2.05) is 36.4 Å². The lowest BCUT2D eigenvalue weighted by Crippen LogP contribution is -2.46. The van der Waals surface area contributed by atoms with Crippen molar-refractivity contribution in [3.8, 4) is 28.7 Å². The molecular weight excluding hydrogens is 352 g/mol. The van der Waals surface area contributed by atoms with E-state index < -0.39 is 0 Å². The molecule has 1 amide bonds. The minimum absolute atomic E-state index is 0.0201. The van der Waals surface area contributed by atoms with Gasteiger partial charge in [0, 0.05) is 31.0 Å². The lowest BCUT2D eigenvalue weighted by Gasteiger charge is -2.36. The molecule has 0 radical (unpaired) electrons. The van der Waals surface area contributed by atoms with E-state index in [9.17, 15) is 10.1 Å². The highest BCUT2D eigenvalue weighted by molar-refractivity contribution is 5.87. The normalized spacial score (nSPS) is 18.8. The summed E-state index contributed by atoms with van der Waals surface area (Å²) in [5.41, 5.74) is 2.31. The summed E-state index contributed by atoms with van der Waals surface area (Å²) < 4.78 is 11.7. The largest absolute Gasteiger partial charge is 0.496 e. The highest BCUT2D eigenvalue weighted by Crippen LogP contribution is 2.34. The molecule has 2 atom stereocenters. The lowest BCUT2D eigenvalue weighted by atomic mass is 9.96. The maximum Gasteiger partial charge on any atom is 0.245 e. The molecule has 5 heteroatoms. The predicted molar refractivity (Wildman–Crippen MR) is 108 cm³/mol. The van der Waals surface area contributed by atoms with Crippen molar-refractivity contribution in [3.05, 3.63) is 60.7 Å². The molecule has 0 aliphatic carbocycles. The van der Waals surface area contributed by atoms with Crippen LogP contribution in [0, 0.1) is 17.2 Å². The first-order valence-electron chi connectivity index (χ1n) is 9.32. The van der Waals surface area contributed by atoms with E-state index >= 15 is 0 Å². The fraction of sp³-hybridized carbons (Fsp3) is 0.304. The van der Waals surface area contributed by atoms with Crippen molar-refractivity contribution in [1.29, 1.82) is 5.26 Å². The zero-order chi connectivity index (χ0) is 20.1. The number of para-hydroxylation sites is 1. The summed E-state index contributed by atoms with van der Waals surface area (Å²) in [6.07, 6.45) is 2.07. The van der Waals surface area contributed by atoms with Gasteiger partial charge in [0.25, 0.3) is 0 Å². The van der Waals surface area contributed by atoms with Crippen molar-refractivity contribution in [2.75, 3.05) is 20.2 Å². The van der Waals surface area contributed by atoms with Crippen LogP contribution in [0.5, 0.6) is 11.5 Å². The first kappa shape index (κ1) is 19.5. The van der Waals surface area contributed by atoms with Gasteiger partial charge in [0.15, 0.2) is 0 Å². The Labute approximate surface area is 165 Å². The Hall–Kier alpha value is -3.26. The molecule has 144 valence electrons. The average molecular weight is 376 g/mol. The highest BCUT2D eigenvalue weighted by Gasteiger charge is 2.29. The van der Waals surface area contributed by atoms with Crippen LogP contribution >= 0.6 is 0 Å². The summed E-state index contributed by atoms with van der Waals surface area (Å²) in [7, 11) is 1.63. The molecule has 5 nitrogen and oxygen atoms in total. The van der Waals surface area contributed by atoms with E-state index in [0.717, 1.165) is 23.3 Å². The average Bonchev–Trinajstić information content (AvgIpc) is 2.74. The van der Waals surface area contributed by atoms with Gasteiger partial charge in [0.1, 0.15) is 17.6 Å². The van der Waals surface area contributed by atoms with E-state index in [4.69, 9.17) is 9.47 Å². The molecule has 1 heterocycles. The number of methoxy groups -OCH3 is 1. The van der Waals surface area contributed by atoms with Gasteiger partial charge in [-0.3, -0.25) is 4.79 Å². The Morgan fingerprint density at radius 2 is 2.11 bits per heavy atom. The first-order chi connectivity index (χ1) is 13.5. The third-order valence-electron chi connectivity index (χ3n) is 5.05. The second-order valence-corrected chi connectivity index (χ2v) is 6.97. The molecule has 0 N–H and O–H groups in total. The number of carbonyl (C=O) groups excluding carboxylic acids is 1. The van der Waals surface area contributed by atoms with Gasteiger partial charge in [-0.2, -0.15) is 5.26 Å². The molecule has 1 aliphatic rings. The Balaban J connectivity index is 1.84. The van der Waals surface area contributed by atoms with Gasteiger partial charge in [-0.1, -0.05) is 31.7 Å². The monoisotopic (exact) mass is 376 g/mol. The summed E-state index contributed by atoms with van der Waals surface area (Å²) in [4.78, 5) is 13.6. The molecule has 1 aliphatic heterocycles. The Morgan fingerprint density at radius 1 is 1.32 bits per heavy atom. The van der Waals surface area contributed by atoms with E-state index in [0.29, 0.717) is 24.4 Å². The second-order valence-electron chi connectivity index (χ2n) is 6.97. The zero-order valence-corrected chi connectivity index (χ0v) is 16.2. The smallest absolute Gasteiger partial charge is 0.245 e. The highest BCUT2D eigenvalue weighted by atomic mass is 16.5. The standard InChI is InChI=1S/C23H24N2O3/c1-4-23(26)25-10-9-21(16(2)15-25)28-19-12-17(14-24)11-18(13-19)20-7-5-6-8-22(20)27-3/h4-8,11-13,16,21H,1,9-10,15H2,2-3H3. The topological polar surface area (TPSA) is 62.6 Å². The van der Waals surface area contributed by atoms with Crippen LogP contribution in [0.25, 0.3) is 11.1 Å². The summed E-state index contributed by atoms with van der Waals surface area (Å²) in [6, 6.07) is 15.4. The maximum atomic E-state index is 11.8. The number of hydrogen-bond donors (Lipinski definition) is 0. The van der Waals surface area contributed by atoms with Crippen molar-refractivity contribution < 1.29 is 14.3 Å². The summed E-state index contributed by atoms with van der Waals surface area (Å²) in [5.74, 6) is 1.53. The molecule has 1 fully saturated rings. The quantitative estimate of drug-likeness (QED) is 0.739. The molecule has 2 aromatic carbocycles. The van der Waals surface area contributed by atoms with Crippen LogP contribution in [0.15, 0.2) is 55.1 Å². The Morgan fingerprint density at radius 3 is 2.79 bits per heavy atom. The molecule has 3 rings (SSSR count). The number of ether oxygens (including phenoxy) is 2. The van der Waals surface area contributed by atoms with Crippen molar-refractivity contribution in [3.63, 3.8) is 0 Å². The molecule has 2 unspecified atom stereocenters. The summed E-state index contributed by atoms with van der Waals surface area (Å²) in [6.45, 7) is 6.90. The summed E-state index contributed by atoms with van der Waals surface area (Å²) in [5, 5.41) is 9.45. The lowest BCUT2D eigenvalue weighted by molar-refractivity contribution is -0.129. The van der Waals surface area contributed by atoms with Crippen LogP contribution in [-0.4, -0.2) is 37.1 Å². The van der Waals surface area contributed by atoms with Crippen molar-refractivity contribution in [2.24, 2.45) is 5.92 Å². The molecule has 1 saturated heterocycles. The van der Waals surface area contributed by atoms with Crippen LogP contribution < -0.4 is 9.47 Å². The van der Waals surface area contributed by atoms with E-state index in [1.165, 1.54) is 6.08 Å². The van der Waals surface area contributed by atoms with E-state index in [-0.39, 0.29) is 17.9 Å². The van der Waals surface area contributed by atoms with Crippen molar-refractivity contribution >= 4 is 5.91 Å². The number of nitrogens with zero attached hydrogens (tertiary/aromatic N) is 2. The van der Waals surface area contributed by atoms with Gasteiger partial charge in [0.2, 0.25) is 5.91 Å².